The van der Waals surface area contributed by atoms with E-state index in [0.29, 0.717) is 19.4 Å². The number of amides is 1. The third-order valence-electron chi connectivity index (χ3n) is 5.98. The number of benzene rings is 1. The van der Waals surface area contributed by atoms with Crippen molar-refractivity contribution < 1.29 is 19.4 Å². The van der Waals surface area contributed by atoms with Crippen LogP contribution in [0.4, 0.5) is 5.69 Å². The number of ether oxygens (including phenoxy) is 1. The summed E-state index contributed by atoms with van der Waals surface area (Å²) in [6.45, 7) is 9.42. The molecule has 2 atom stereocenters. The number of aliphatic carboxylic acids is 1. The fraction of sp³-hybridized carbons (Fsp3) is 0.583. The summed E-state index contributed by atoms with van der Waals surface area (Å²) in [5.74, 6) is -1.16. The molecule has 178 valence electrons. The van der Waals surface area contributed by atoms with Gasteiger partial charge in [0.05, 0.1) is 23.6 Å². The van der Waals surface area contributed by atoms with Gasteiger partial charge in [0, 0.05) is 32.7 Å². The molecular weight excluding hydrogens is 430 g/mol. The Hall–Kier alpha value is -2.25. The van der Waals surface area contributed by atoms with Crippen molar-refractivity contribution in [1.82, 2.24) is 10.2 Å². The molecule has 2 aliphatic rings. The first kappa shape index (κ1) is 26.0. The molecule has 8 heteroatoms. The molecule has 0 saturated carbocycles. The average molecular weight is 466 g/mol. The molecule has 1 amide bonds. The second kappa shape index (κ2) is 12.7. The van der Waals surface area contributed by atoms with Crippen LogP contribution in [0.25, 0.3) is 0 Å². The van der Waals surface area contributed by atoms with Crippen LogP contribution in [0.1, 0.15) is 33.1 Å². The lowest BCUT2D eigenvalue weighted by atomic mass is 9.82. The highest BCUT2D eigenvalue weighted by atomic mass is 35.5. The van der Waals surface area contributed by atoms with E-state index in [9.17, 15) is 14.7 Å². The molecule has 1 fully saturated rings. The monoisotopic (exact) mass is 465 g/mol. The number of carbonyl (C=O) groups excluding carboxylic acids is 1. The third kappa shape index (κ3) is 7.14. The lowest BCUT2D eigenvalue weighted by molar-refractivity contribution is -0.147. The van der Waals surface area contributed by atoms with Gasteiger partial charge in [0.15, 0.2) is 0 Å². The van der Waals surface area contributed by atoms with Crippen LogP contribution in [0.2, 0.25) is 0 Å². The topological polar surface area (TPSA) is 82.1 Å². The second-order valence-electron chi connectivity index (χ2n) is 8.60. The number of nitrogens with zero attached hydrogens (tertiary/aromatic N) is 2. The summed E-state index contributed by atoms with van der Waals surface area (Å²) in [6.07, 6.45) is 5.71. The molecule has 7 nitrogen and oxygen atoms in total. The molecule has 3 rings (SSSR count). The van der Waals surface area contributed by atoms with Gasteiger partial charge in [-0.25, -0.2) is 0 Å². The van der Waals surface area contributed by atoms with E-state index in [4.69, 9.17) is 4.74 Å². The number of carboxylic acid groups (broad SMARTS) is 1. The highest BCUT2D eigenvalue weighted by molar-refractivity contribution is 5.85. The van der Waals surface area contributed by atoms with E-state index >= 15 is 0 Å². The summed E-state index contributed by atoms with van der Waals surface area (Å²) in [7, 11) is 0. The zero-order chi connectivity index (χ0) is 22.2. The fourth-order valence-electron chi connectivity index (χ4n) is 4.31. The first-order valence-corrected chi connectivity index (χ1v) is 11.3. The van der Waals surface area contributed by atoms with E-state index in [1.54, 1.807) is 0 Å². The maximum Gasteiger partial charge on any atom is 0.307 e. The van der Waals surface area contributed by atoms with Gasteiger partial charge in [0.25, 0.3) is 0 Å². The van der Waals surface area contributed by atoms with Gasteiger partial charge in [-0.1, -0.05) is 24.3 Å². The van der Waals surface area contributed by atoms with E-state index in [2.05, 4.69) is 27.2 Å². The first-order chi connectivity index (χ1) is 15.0. The molecule has 1 heterocycles. The van der Waals surface area contributed by atoms with Gasteiger partial charge in [-0.2, -0.15) is 0 Å². The van der Waals surface area contributed by atoms with Gasteiger partial charge in [0.2, 0.25) is 5.91 Å². The Bertz CT molecular complexity index is 778. The average Bonchev–Trinajstić information content (AvgIpc) is 2.77. The van der Waals surface area contributed by atoms with Crippen molar-refractivity contribution in [2.45, 2.75) is 39.2 Å². The number of carboxylic acids is 1. The van der Waals surface area contributed by atoms with E-state index in [-0.39, 0.29) is 24.4 Å². The van der Waals surface area contributed by atoms with Gasteiger partial charge >= 0.3 is 5.97 Å². The van der Waals surface area contributed by atoms with Crippen LogP contribution in [0.5, 0.6) is 5.75 Å². The Morgan fingerprint density at radius 1 is 1.09 bits per heavy atom. The maximum atomic E-state index is 12.4. The largest absolute Gasteiger partial charge is 0.489 e. The molecule has 2 N–H and O–H groups in total. The van der Waals surface area contributed by atoms with Crippen LogP contribution in [0.15, 0.2) is 36.4 Å². The molecular formula is C24H36ClN3O4. The number of hydrogen-bond acceptors (Lipinski definition) is 5. The summed E-state index contributed by atoms with van der Waals surface area (Å²) in [5.41, 5.74) is 1.15. The van der Waals surface area contributed by atoms with Crippen molar-refractivity contribution in [1.29, 1.82) is 0 Å². The molecule has 0 radical (unpaired) electrons. The third-order valence-corrected chi connectivity index (χ3v) is 5.98. The van der Waals surface area contributed by atoms with Crippen LogP contribution >= 0.6 is 12.4 Å². The lowest BCUT2D eigenvalue weighted by Crippen LogP contribution is -2.47. The van der Waals surface area contributed by atoms with Gasteiger partial charge in [-0.15, -0.1) is 12.4 Å². The summed E-state index contributed by atoms with van der Waals surface area (Å²) < 4.78 is 5.96. The summed E-state index contributed by atoms with van der Waals surface area (Å²) in [6, 6.07) is 8.21. The molecule has 0 aromatic heterocycles. The highest BCUT2D eigenvalue weighted by Gasteiger charge is 2.33. The van der Waals surface area contributed by atoms with Gasteiger partial charge < -0.3 is 20.1 Å². The number of hydrogen-bond donors (Lipinski definition) is 2. The SMILES string of the molecule is CC(C)Oc1ccccc1N1CCN(CCCNC(=O)C2CC=CCC2C(=O)O)CC1.Cl. The van der Waals surface area contributed by atoms with Crippen LogP contribution in [-0.2, 0) is 9.59 Å². The zero-order valence-electron chi connectivity index (χ0n) is 19.0. The fourth-order valence-corrected chi connectivity index (χ4v) is 4.31. The Morgan fingerprint density at radius 3 is 2.41 bits per heavy atom. The second-order valence-corrected chi connectivity index (χ2v) is 8.60. The Kier molecular flexibility index (Phi) is 10.3. The first-order valence-electron chi connectivity index (χ1n) is 11.3. The Morgan fingerprint density at radius 2 is 1.75 bits per heavy atom. The minimum atomic E-state index is -0.886. The Labute approximate surface area is 197 Å². The van der Waals surface area contributed by atoms with Crippen LogP contribution < -0.4 is 15.0 Å². The standard InChI is InChI=1S/C24H35N3O4.ClH/c1-18(2)31-22-11-6-5-10-21(22)27-16-14-26(15-17-27)13-7-12-25-23(28)19-8-3-4-9-20(19)24(29)30;/h3-6,10-11,18-20H,7-9,12-17H2,1-2H3,(H,25,28)(H,29,30);1H. The number of anilines is 1. The van der Waals surface area contributed by atoms with Crippen molar-refractivity contribution in [3.8, 4) is 5.75 Å². The summed E-state index contributed by atoms with van der Waals surface area (Å²) in [5, 5.41) is 12.3. The van der Waals surface area contributed by atoms with Gasteiger partial charge in [-0.3, -0.25) is 14.5 Å². The van der Waals surface area contributed by atoms with Crippen molar-refractivity contribution in [3.63, 3.8) is 0 Å². The zero-order valence-corrected chi connectivity index (χ0v) is 19.9. The minimum absolute atomic E-state index is 0. The molecule has 1 aromatic rings. The lowest BCUT2D eigenvalue weighted by Gasteiger charge is -2.37. The molecule has 1 aliphatic carbocycles. The van der Waals surface area contributed by atoms with Crippen LogP contribution in [0, 0.1) is 11.8 Å². The number of para-hydroxylation sites is 2. The predicted octanol–water partition coefficient (Wildman–Crippen LogP) is 3.19. The highest BCUT2D eigenvalue weighted by Crippen LogP contribution is 2.29. The summed E-state index contributed by atoms with van der Waals surface area (Å²) in [4.78, 5) is 28.6. The van der Waals surface area contributed by atoms with Crippen molar-refractivity contribution >= 4 is 30.0 Å². The number of nitrogens with one attached hydrogen (secondary N) is 1. The predicted molar refractivity (Wildman–Crippen MR) is 129 cm³/mol. The normalized spacial score (nSPS) is 21.2. The molecule has 32 heavy (non-hydrogen) atoms. The number of allylic oxidation sites excluding steroid dienone is 2. The van der Waals surface area contributed by atoms with Crippen LogP contribution in [0.3, 0.4) is 0 Å². The van der Waals surface area contributed by atoms with Crippen LogP contribution in [-0.4, -0.2) is 67.3 Å². The number of piperazine rings is 1. The van der Waals surface area contributed by atoms with Crippen molar-refractivity contribution in [3.05, 3.63) is 36.4 Å². The van der Waals surface area contributed by atoms with E-state index < -0.39 is 17.8 Å². The Balaban J connectivity index is 0.00000363. The number of rotatable bonds is 9. The molecule has 2 unspecified atom stereocenters. The van der Waals surface area contributed by atoms with Crippen molar-refractivity contribution in [2.75, 3.05) is 44.2 Å². The molecule has 1 aromatic carbocycles. The van der Waals surface area contributed by atoms with Gasteiger partial charge in [0.1, 0.15) is 5.75 Å². The molecule has 0 spiro atoms. The molecule has 1 aliphatic heterocycles. The minimum Gasteiger partial charge on any atom is -0.489 e. The van der Waals surface area contributed by atoms with Crippen molar-refractivity contribution in [2.24, 2.45) is 11.8 Å². The number of carbonyl (C=O) groups is 2. The van der Waals surface area contributed by atoms with E-state index in [0.717, 1.165) is 50.6 Å². The molecule has 1 saturated heterocycles. The van der Waals surface area contributed by atoms with E-state index in [1.165, 1.54) is 0 Å². The maximum absolute atomic E-state index is 12.4. The van der Waals surface area contributed by atoms with Gasteiger partial charge in [-0.05, 0) is 51.8 Å². The quantitative estimate of drug-likeness (QED) is 0.430. The number of halogens is 1. The summed E-state index contributed by atoms with van der Waals surface area (Å²) >= 11 is 0. The smallest absolute Gasteiger partial charge is 0.307 e. The molecule has 0 bridgehead atoms. The van der Waals surface area contributed by atoms with E-state index in [1.807, 2.05) is 38.1 Å².